The number of aromatic nitrogens is 1. The van der Waals surface area contributed by atoms with Gasteiger partial charge in [0.15, 0.2) is 0 Å². The number of ether oxygens (including phenoxy) is 1. The van der Waals surface area contributed by atoms with Crippen molar-refractivity contribution in [3.63, 3.8) is 0 Å². The molecule has 24 heavy (non-hydrogen) atoms. The van der Waals surface area contributed by atoms with E-state index in [2.05, 4.69) is 4.98 Å². The summed E-state index contributed by atoms with van der Waals surface area (Å²) < 4.78 is 5.29. The Morgan fingerprint density at radius 3 is 2.62 bits per heavy atom. The van der Waals surface area contributed by atoms with Crippen LogP contribution in [0.4, 0.5) is 5.69 Å². The molecule has 1 heterocycles. The zero-order valence-electron chi connectivity index (χ0n) is 14.5. The molecule has 0 saturated heterocycles. The van der Waals surface area contributed by atoms with E-state index in [1.165, 1.54) is 0 Å². The lowest BCUT2D eigenvalue weighted by Gasteiger charge is -2.21. The molecule has 1 aromatic heterocycles. The number of hydrogen-bond donors (Lipinski definition) is 1. The van der Waals surface area contributed by atoms with Crippen molar-refractivity contribution in [1.29, 1.82) is 0 Å². The highest BCUT2D eigenvalue weighted by atomic mass is 16.5. The van der Waals surface area contributed by atoms with E-state index in [4.69, 9.17) is 4.74 Å². The van der Waals surface area contributed by atoms with Crippen LogP contribution in [-0.2, 0) is 0 Å². The molecule has 124 valence electrons. The van der Waals surface area contributed by atoms with E-state index in [-0.39, 0.29) is 5.91 Å². The number of rotatable bonds is 4. The summed E-state index contributed by atoms with van der Waals surface area (Å²) in [5, 5.41) is 1.01. The number of aryl methyl sites for hydroxylation is 2. The third-order valence-electron chi connectivity index (χ3n) is 4.35. The smallest absolute Gasteiger partial charge is 0.274 e. The first-order valence-corrected chi connectivity index (χ1v) is 8.10. The summed E-state index contributed by atoms with van der Waals surface area (Å²) in [5.41, 5.74) is 4.56. The summed E-state index contributed by atoms with van der Waals surface area (Å²) in [6, 6.07) is 13.8. The quantitative estimate of drug-likeness (QED) is 0.771. The molecule has 2 aromatic carbocycles. The maximum atomic E-state index is 13.1. The van der Waals surface area contributed by atoms with Gasteiger partial charge in [0.05, 0.1) is 7.11 Å². The molecule has 1 amide bonds. The molecule has 4 heteroatoms. The van der Waals surface area contributed by atoms with Crippen molar-refractivity contribution in [2.45, 2.75) is 20.8 Å². The molecule has 0 aliphatic heterocycles. The lowest BCUT2D eigenvalue weighted by Crippen LogP contribution is -2.31. The number of hydrogen-bond acceptors (Lipinski definition) is 2. The van der Waals surface area contributed by atoms with Gasteiger partial charge in [-0.15, -0.1) is 0 Å². The highest BCUT2D eigenvalue weighted by Crippen LogP contribution is 2.28. The van der Waals surface area contributed by atoms with Crippen molar-refractivity contribution in [2.24, 2.45) is 0 Å². The minimum atomic E-state index is -0.0178. The summed E-state index contributed by atoms with van der Waals surface area (Å²) in [5.74, 6) is 0.769. The van der Waals surface area contributed by atoms with Crippen molar-refractivity contribution in [1.82, 2.24) is 4.98 Å². The molecule has 3 aromatic rings. The first-order chi connectivity index (χ1) is 11.5. The van der Waals surface area contributed by atoms with Crippen LogP contribution in [0.2, 0.25) is 0 Å². The van der Waals surface area contributed by atoms with Crippen LogP contribution >= 0.6 is 0 Å². The first-order valence-electron chi connectivity index (χ1n) is 8.10. The van der Waals surface area contributed by atoms with E-state index >= 15 is 0 Å². The zero-order chi connectivity index (χ0) is 17.3. The standard InChI is InChI=1S/C20H22N2O2/c1-5-22(15-8-6-7-13(2)11-15)20(23)19-14(3)17-12-16(24-4)9-10-18(17)21-19/h6-12,21H,5H2,1-4H3. The normalized spacial score (nSPS) is 10.8. The van der Waals surface area contributed by atoms with E-state index in [0.717, 1.165) is 33.5 Å². The Kier molecular flexibility index (Phi) is 4.30. The second kappa shape index (κ2) is 6.40. The Hall–Kier alpha value is -2.75. The van der Waals surface area contributed by atoms with Crippen LogP contribution in [0.3, 0.4) is 0 Å². The van der Waals surface area contributed by atoms with E-state index in [0.29, 0.717) is 12.2 Å². The van der Waals surface area contributed by atoms with Gasteiger partial charge in [-0.2, -0.15) is 0 Å². The van der Waals surface area contributed by atoms with Crippen LogP contribution in [0, 0.1) is 13.8 Å². The number of fused-ring (bicyclic) bond motifs is 1. The molecule has 0 radical (unpaired) electrons. The first kappa shape index (κ1) is 16.1. The Labute approximate surface area is 142 Å². The number of amides is 1. The minimum absolute atomic E-state index is 0.0178. The number of aromatic amines is 1. The predicted molar refractivity (Wildman–Crippen MR) is 98.1 cm³/mol. The molecule has 3 rings (SSSR count). The molecule has 1 N–H and O–H groups in total. The Bertz CT molecular complexity index is 896. The van der Waals surface area contributed by atoms with Crippen molar-refractivity contribution >= 4 is 22.5 Å². The SMILES string of the molecule is CCN(C(=O)c1[nH]c2ccc(OC)cc2c1C)c1cccc(C)c1. The minimum Gasteiger partial charge on any atom is -0.497 e. The topological polar surface area (TPSA) is 45.3 Å². The summed E-state index contributed by atoms with van der Waals surface area (Å²) in [6.45, 7) is 6.60. The van der Waals surface area contributed by atoms with Crippen LogP contribution < -0.4 is 9.64 Å². The number of carbonyl (C=O) groups is 1. The maximum Gasteiger partial charge on any atom is 0.274 e. The lowest BCUT2D eigenvalue weighted by molar-refractivity contribution is 0.0984. The fraction of sp³-hybridized carbons (Fsp3) is 0.250. The highest BCUT2D eigenvalue weighted by molar-refractivity contribution is 6.09. The second-order valence-electron chi connectivity index (χ2n) is 5.92. The molecule has 0 atom stereocenters. The van der Waals surface area contributed by atoms with Gasteiger partial charge in [0.25, 0.3) is 5.91 Å². The summed E-state index contributed by atoms with van der Waals surface area (Å²) in [4.78, 5) is 18.2. The number of methoxy groups -OCH3 is 1. The van der Waals surface area contributed by atoms with Crippen LogP contribution in [0.15, 0.2) is 42.5 Å². The third kappa shape index (κ3) is 2.75. The van der Waals surface area contributed by atoms with E-state index in [9.17, 15) is 4.79 Å². The molecule has 0 saturated carbocycles. The van der Waals surface area contributed by atoms with Gasteiger partial charge in [-0.1, -0.05) is 12.1 Å². The van der Waals surface area contributed by atoms with Crippen molar-refractivity contribution in [3.05, 3.63) is 59.3 Å². The van der Waals surface area contributed by atoms with Gasteiger partial charge in [-0.3, -0.25) is 4.79 Å². The van der Waals surface area contributed by atoms with E-state index in [1.807, 2.05) is 63.2 Å². The Balaban J connectivity index is 2.05. The number of benzene rings is 2. The average molecular weight is 322 g/mol. The predicted octanol–water partition coefficient (Wildman–Crippen LogP) is 4.46. The fourth-order valence-electron chi connectivity index (χ4n) is 3.02. The van der Waals surface area contributed by atoms with Crippen LogP contribution in [0.1, 0.15) is 28.5 Å². The summed E-state index contributed by atoms with van der Waals surface area (Å²) >= 11 is 0. The van der Waals surface area contributed by atoms with Gasteiger partial charge in [-0.05, 0) is 62.2 Å². The zero-order valence-corrected chi connectivity index (χ0v) is 14.5. The number of H-pyrrole nitrogens is 1. The molecule has 0 bridgehead atoms. The number of nitrogens with one attached hydrogen (secondary N) is 1. The summed E-state index contributed by atoms with van der Waals surface area (Å²) in [7, 11) is 1.64. The molecule has 0 fully saturated rings. The monoisotopic (exact) mass is 322 g/mol. The fourth-order valence-corrected chi connectivity index (χ4v) is 3.02. The van der Waals surface area contributed by atoms with Crippen LogP contribution in [0.25, 0.3) is 10.9 Å². The van der Waals surface area contributed by atoms with Gasteiger partial charge in [-0.25, -0.2) is 0 Å². The average Bonchev–Trinajstić information content (AvgIpc) is 2.92. The van der Waals surface area contributed by atoms with Gasteiger partial charge >= 0.3 is 0 Å². The molecule has 0 spiro atoms. The molecular weight excluding hydrogens is 300 g/mol. The van der Waals surface area contributed by atoms with Gasteiger partial charge in [0.1, 0.15) is 11.4 Å². The lowest BCUT2D eigenvalue weighted by atomic mass is 10.1. The molecule has 4 nitrogen and oxygen atoms in total. The van der Waals surface area contributed by atoms with Crippen molar-refractivity contribution < 1.29 is 9.53 Å². The third-order valence-corrected chi connectivity index (χ3v) is 4.35. The van der Waals surface area contributed by atoms with Crippen LogP contribution in [0.5, 0.6) is 5.75 Å². The second-order valence-corrected chi connectivity index (χ2v) is 5.92. The Morgan fingerprint density at radius 1 is 1.17 bits per heavy atom. The van der Waals surface area contributed by atoms with E-state index < -0.39 is 0 Å². The number of anilines is 1. The molecule has 0 unspecified atom stereocenters. The number of nitrogens with zero attached hydrogens (tertiary/aromatic N) is 1. The molecule has 0 aliphatic carbocycles. The maximum absolute atomic E-state index is 13.1. The van der Waals surface area contributed by atoms with Gasteiger partial charge in [0.2, 0.25) is 0 Å². The number of carbonyl (C=O) groups excluding carboxylic acids is 1. The van der Waals surface area contributed by atoms with E-state index in [1.54, 1.807) is 12.0 Å². The molecular formula is C20H22N2O2. The Morgan fingerprint density at radius 2 is 1.96 bits per heavy atom. The largest absolute Gasteiger partial charge is 0.497 e. The van der Waals surface area contributed by atoms with Crippen molar-refractivity contribution in [3.8, 4) is 5.75 Å². The summed E-state index contributed by atoms with van der Waals surface area (Å²) in [6.07, 6.45) is 0. The van der Waals surface area contributed by atoms with Gasteiger partial charge < -0.3 is 14.6 Å². The molecule has 0 aliphatic rings. The van der Waals surface area contributed by atoms with Gasteiger partial charge in [0, 0.05) is 23.1 Å². The highest BCUT2D eigenvalue weighted by Gasteiger charge is 2.21. The van der Waals surface area contributed by atoms with Crippen molar-refractivity contribution in [2.75, 3.05) is 18.6 Å². The van der Waals surface area contributed by atoms with Crippen LogP contribution in [-0.4, -0.2) is 24.5 Å².